The number of rotatable bonds is 2. The van der Waals surface area contributed by atoms with Crippen molar-refractivity contribution < 1.29 is 18.3 Å². The van der Waals surface area contributed by atoms with Crippen LogP contribution >= 0.6 is 0 Å². The summed E-state index contributed by atoms with van der Waals surface area (Å²) in [4.78, 5) is 0. The lowest BCUT2D eigenvalue weighted by atomic mass is 9.68. The Kier molecular flexibility index (Phi) is 3.25. The summed E-state index contributed by atoms with van der Waals surface area (Å²) in [7, 11) is 0. The molecule has 112 valence electrons. The zero-order valence-electron chi connectivity index (χ0n) is 11.4. The first-order valence-electron chi connectivity index (χ1n) is 7.14. The molecule has 2 bridgehead atoms. The number of hydrogen-bond acceptors (Lipinski definition) is 2. The van der Waals surface area contributed by atoms with Gasteiger partial charge in [-0.2, -0.15) is 18.4 Å². The van der Waals surface area contributed by atoms with Gasteiger partial charge in [-0.05, 0) is 42.7 Å². The lowest BCUT2D eigenvalue weighted by molar-refractivity contribution is -0.140. The highest BCUT2D eigenvalue weighted by molar-refractivity contribution is 5.35. The van der Waals surface area contributed by atoms with Crippen molar-refractivity contribution in [3.05, 3.63) is 35.4 Å². The molecule has 21 heavy (non-hydrogen) atoms. The fraction of sp³-hybridized carbons (Fsp3) is 0.562. The minimum atomic E-state index is -4.52. The van der Waals surface area contributed by atoms with Crippen LogP contribution in [0.5, 0.6) is 0 Å². The second kappa shape index (κ2) is 4.74. The first-order chi connectivity index (χ1) is 9.88. The summed E-state index contributed by atoms with van der Waals surface area (Å²) in [5.41, 5.74) is -2.07. The average Bonchev–Trinajstić information content (AvgIpc) is 3.06. The van der Waals surface area contributed by atoms with E-state index in [2.05, 4.69) is 6.07 Å². The van der Waals surface area contributed by atoms with Gasteiger partial charge < -0.3 is 5.11 Å². The molecule has 0 heterocycles. The van der Waals surface area contributed by atoms with E-state index in [1.165, 1.54) is 18.2 Å². The van der Waals surface area contributed by atoms with Crippen molar-refractivity contribution in [2.75, 3.05) is 0 Å². The molecule has 1 aromatic rings. The van der Waals surface area contributed by atoms with Crippen LogP contribution < -0.4 is 0 Å². The third kappa shape index (κ3) is 2.13. The third-order valence-corrected chi connectivity index (χ3v) is 5.15. The van der Waals surface area contributed by atoms with Crippen LogP contribution in [0.3, 0.4) is 0 Å². The number of benzene rings is 1. The minimum Gasteiger partial charge on any atom is -0.387 e. The van der Waals surface area contributed by atoms with Crippen LogP contribution in [0.4, 0.5) is 13.2 Å². The van der Waals surface area contributed by atoms with Crippen LogP contribution in [0.15, 0.2) is 24.3 Å². The highest BCUT2D eigenvalue weighted by atomic mass is 19.4. The van der Waals surface area contributed by atoms with Crippen molar-refractivity contribution in [2.24, 2.45) is 17.3 Å². The maximum atomic E-state index is 13.1. The third-order valence-electron chi connectivity index (χ3n) is 5.15. The Morgan fingerprint density at radius 2 is 2.00 bits per heavy atom. The molecule has 0 spiro atoms. The molecule has 0 saturated heterocycles. The molecule has 2 nitrogen and oxygen atoms in total. The predicted molar refractivity (Wildman–Crippen MR) is 69.9 cm³/mol. The van der Waals surface area contributed by atoms with Crippen LogP contribution in [0, 0.1) is 28.6 Å². The van der Waals surface area contributed by atoms with E-state index >= 15 is 0 Å². The van der Waals surface area contributed by atoms with E-state index in [1.54, 1.807) is 0 Å². The Bertz CT molecular complexity index is 592. The molecule has 2 aliphatic rings. The van der Waals surface area contributed by atoms with Crippen LogP contribution in [-0.2, 0) is 6.18 Å². The molecule has 4 atom stereocenters. The average molecular weight is 295 g/mol. The maximum Gasteiger partial charge on any atom is 0.416 e. The number of aliphatic hydroxyl groups excluding tert-OH is 1. The molecule has 1 N–H and O–H groups in total. The van der Waals surface area contributed by atoms with Crippen LogP contribution in [0.2, 0.25) is 0 Å². The molecule has 2 saturated carbocycles. The van der Waals surface area contributed by atoms with Gasteiger partial charge in [-0.15, -0.1) is 0 Å². The maximum absolute atomic E-state index is 13.1. The Morgan fingerprint density at radius 3 is 2.52 bits per heavy atom. The molecule has 0 aliphatic heterocycles. The molecule has 2 aliphatic carbocycles. The highest BCUT2D eigenvalue weighted by Gasteiger charge is 2.56. The Labute approximate surface area is 121 Å². The molecule has 0 radical (unpaired) electrons. The standard InChI is InChI=1S/C16H16F3NO/c17-16(18,19)13-4-2-1-3-12(13)14(21)15(9-20)8-10-5-6-11(15)7-10/h1-4,10-11,14,21H,5-8H2. The number of nitrogens with zero attached hydrogens (tertiary/aromatic N) is 1. The molecule has 3 rings (SSSR count). The summed E-state index contributed by atoms with van der Waals surface area (Å²) >= 11 is 0. The van der Waals surface area contributed by atoms with Gasteiger partial charge in [0.15, 0.2) is 0 Å². The summed E-state index contributed by atoms with van der Waals surface area (Å²) in [5, 5.41) is 20.2. The van der Waals surface area contributed by atoms with Crippen LogP contribution in [-0.4, -0.2) is 5.11 Å². The van der Waals surface area contributed by atoms with Crippen molar-refractivity contribution >= 4 is 0 Å². The molecule has 4 unspecified atom stereocenters. The van der Waals surface area contributed by atoms with Crippen molar-refractivity contribution in [1.29, 1.82) is 5.26 Å². The van der Waals surface area contributed by atoms with E-state index in [-0.39, 0.29) is 11.5 Å². The normalized spacial score (nSPS) is 32.9. The predicted octanol–water partition coefficient (Wildman–Crippen LogP) is 4.07. The van der Waals surface area contributed by atoms with Gasteiger partial charge in [0, 0.05) is 0 Å². The Morgan fingerprint density at radius 1 is 1.29 bits per heavy atom. The van der Waals surface area contributed by atoms with E-state index < -0.39 is 23.3 Å². The van der Waals surface area contributed by atoms with Crippen molar-refractivity contribution in [3.8, 4) is 6.07 Å². The molecule has 5 heteroatoms. The first-order valence-corrected chi connectivity index (χ1v) is 7.14. The molecule has 2 fully saturated rings. The van der Waals surface area contributed by atoms with Crippen LogP contribution in [0.1, 0.15) is 42.9 Å². The lowest BCUT2D eigenvalue weighted by Crippen LogP contribution is -2.34. The van der Waals surface area contributed by atoms with E-state index in [0.29, 0.717) is 12.3 Å². The highest BCUT2D eigenvalue weighted by Crippen LogP contribution is 2.61. The van der Waals surface area contributed by atoms with Gasteiger partial charge in [0.05, 0.1) is 23.2 Å². The van der Waals surface area contributed by atoms with Gasteiger partial charge in [-0.1, -0.05) is 24.6 Å². The van der Waals surface area contributed by atoms with Crippen molar-refractivity contribution in [2.45, 2.75) is 38.0 Å². The second-order valence-corrected chi connectivity index (χ2v) is 6.22. The van der Waals surface area contributed by atoms with Gasteiger partial charge in [0.2, 0.25) is 0 Å². The first kappa shape index (κ1) is 14.4. The SMILES string of the molecule is N#CC1(C(O)c2ccccc2C(F)(F)F)CC2CCC1C2. The van der Waals surface area contributed by atoms with Gasteiger partial charge in [-0.3, -0.25) is 0 Å². The Hall–Kier alpha value is -1.54. The van der Waals surface area contributed by atoms with E-state index in [9.17, 15) is 23.5 Å². The summed E-state index contributed by atoms with van der Waals surface area (Å²) < 4.78 is 39.4. The van der Waals surface area contributed by atoms with Gasteiger partial charge in [-0.25, -0.2) is 0 Å². The molecular formula is C16H16F3NO. The monoisotopic (exact) mass is 295 g/mol. The number of fused-ring (bicyclic) bond motifs is 2. The molecule has 1 aromatic carbocycles. The topological polar surface area (TPSA) is 44.0 Å². The van der Waals surface area contributed by atoms with Crippen LogP contribution in [0.25, 0.3) is 0 Å². The van der Waals surface area contributed by atoms with Gasteiger partial charge in [0.1, 0.15) is 0 Å². The molecular weight excluding hydrogens is 279 g/mol. The number of alkyl halides is 3. The zero-order valence-corrected chi connectivity index (χ0v) is 11.4. The molecule has 0 amide bonds. The summed E-state index contributed by atoms with van der Waals surface area (Å²) in [6.07, 6.45) is -2.71. The number of hydrogen-bond donors (Lipinski definition) is 1. The summed E-state index contributed by atoms with van der Waals surface area (Å²) in [6.45, 7) is 0. The largest absolute Gasteiger partial charge is 0.416 e. The summed E-state index contributed by atoms with van der Waals surface area (Å²) in [5.74, 6) is 0.367. The zero-order chi connectivity index (χ0) is 15.3. The smallest absolute Gasteiger partial charge is 0.387 e. The van der Waals surface area contributed by atoms with Gasteiger partial charge in [0.25, 0.3) is 0 Å². The van der Waals surface area contributed by atoms with Crippen molar-refractivity contribution in [1.82, 2.24) is 0 Å². The van der Waals surface area contributed by atoms with E-state index in [0.717, 1.165) is 25.3 Å². The lowest BCUT2D eigenvalue weighted by Gasteiger charge is -2.36. The number of aliphatic hydroxyl groups is 1. The molecule has 0 aromatic heterocycles. The number of nitriles is 1. The van der Waals surface area contributed by atoms with E-state index in [1.807, 2.05) is 0 Å². The number of halogens is 3. The quantitative estimate of drug-likeness (QED) is 0.894. The minimum absolute atomic E-state index is 0.00351. The van der Waals surface area contributed by atoms with Crippen molar-refractivity contribution in [3.63, 3.8) is 0 Å². The fourth-order valence-corrected chi connectivity index (χ4v) is 4.18. The van der Waals surface area contributed by atoms with Gasteiger partial charge >= 0.3 is 6.18 Å². The fourth-order valence-electron chi connectivity index (χ4n) is 4.18. The Balaban J connectivity index is 2.03. The summed E-state index contributed by atoms with van der Waals surface area (Å²) in [6, 6.07) is 7.21. The second-order valence-electron chi connectivity index (χ2n) is 6.22. The van der Waals surface area contributed by atoms with E-state index in [4.69, 9.17) is 0 Å².